The first-order chi connectivity index (χ1) is 18.0. The van der Waals surface area contributed by atoms with Gasteiger partial charge in [-0.3, -0.25) is 9.59 Å². The Morgan fingerprint density at radius 1 is 1.10 bits per heavy atom. The first-order valence-corrected chi connectivity index (χ1v) is 12.7. The van der Waals surface area contributed by atoms with Gasteiger partial charge >= 0.3 is 0 Å². The molecule has 9 nitrogen and oxygen atoms in total. The molecule has 3 aromatic rings. The molecular weight excluding hydrogens is 605 g/mol. The van der Waals surface area contributed by atoms with Crippen LogP contribution < -0.4 is 21.1 Å². The van der Waals surface area contributed by atoms with E-state index in [1.54, 1.807) is 31.2 Å². The van der Waals surface area contributed by atoms with Gasteiger partial charge in [-0.15, -0.1) is 35.0 Å². The van der Waals surface area contributed by atoms with Crippen LogP contribution in [0.5, 0.6) is 5.75 Å². The highest BCUT2D eigenvalue weighted by molar-refractivity contribution is 6.36. The highest BCUT2D eigenvalue weighted by Gasteiger charge is 2.26. The van der Waals surface area contributed by atoms with Crippen LogP contribution in [0, 0.1) is 5.82 Å². The van der Waals surface area contributed by atoms with E-state index < -0.39 is 17.8 Å². The number of nitrogens with zero attached hydrogens (tertiary/aromatic N) is 3. The monoisotopic (exact) mass is 632 g/mol. The molecule has 3 atom stereocenters. The zero-order chi connectivity index (χ0) is 27.6. The minimum absolute atomic E-state index is 0. The number of piperazine rings is 1. The number of rotatable bonds is 6. The molecule has 1 saturated heterocycles. The summed E-state index contributed by atoms with van der Waals surface area (Å²) in [6.07, 6.45) is -0.806. The van der Waals surface area contributed by atoms with Gasteiger partial charge in [0.05, 0.1) is 5.02 Å². The van der Waals surface area contributed by atoms with Crippen LogP contribution in [0.4, 0.5) is 15.9 Å². The number of aromatic nitrogens is 2. The zero-order valence-electron chi connectivity index (χ0n) is 21.8. The molecule has 4 N–H and O–H groups in total. The minimum atomic E-state index is -0.806. The van der Waals surface area contributed by atoms with Gasteiger partial charge in [-0.05, 0) is 57.2 Å². The van der Waals surface area contributed by atoms with Gasteiger partial charge in [0, 0.05) is 53.1 Å². The number of nitrogens with two attached hydrogens (primary N) is 1. The number of carbonyl (C=O) groups excluding carboxylic acids is 2. The summed E-state index contributed by atoms with van der Waals surface area (Å²) < 4.78 is 19.8. The molecule has 0 unspecified atom stereocenters. The Balaban J connectivity index is 0.00000280. The number of anilines is 2. The highest BCUT2D eigenvalue weighted by Crippen LogP contribution is 2.35. The largest absolute Gasteiger partial charge is 0.482 e. The molecular formula is C26H29Cl4FN6O3. The van der Waals surface area contributed by atoms with Crippen LogP contribution in [0.1, 0.15) is 53.3 Å². The number of ether oxygens (including phenoxy) is 1. The highest BCUT2D eigenvalue weighted by atomic mass is 35.5. The van der Waals surface area contributed by atoms with Gasteiger partial charge in [0.25, 0.3) is 11.8 Å². The summed E-state index contributed by atoms with van der Waals surface area (Å²) in [6.45, 7) is 6.93. The van der Waals surface area contributed by atoms with Crippen LogP contribution >= 0.6 is 48.0 Å². The molecule has 1 aliphatic rings. The first-order valence-electron chi connectivity index (χ1n) is 11.9. The van der Waals surface area contributed by atoms with Gasteiger partial charge in [0.1, 0.15) is 11.9 Å². The van der Waals surface area contributed by atoms with Gasteiger partial charge in [-0.2, -0.15) is 0 Å². The minimum Gasteiger partial charge on any atom is -0.482 e. The average molecular weight is 634 g/mol. The van der Waals surface area contributed by atoms with E-state index in [0.717, 1.165) is 6.07 Å². The number of benzene rings is 2. The Hall–Kier alpha value is -2.89. The Morgan fingerprint density at radius 2 is 1.73 bits per heavy atom. The second-order valence-corrected chi connectivity index (χ2v) is 9.99. The molecule has 2 heterocycles. The van der Waals surface area contributed by atoms with Crippen LogP contribution in [0.2, 0.25) is 10.0 Å². The maximum atomic E-state index is 13.9. The van der Waals surface area contributed by atoms with Crippen molar-refractivity contribution >= 4 is 71.3 Å². The van der Waals surface area contributed by atoms with Crippen molar-refractivity contribution in [1.29, 1.82) is 0 Å². The lowest BCUT2D eigenvalue weighted by Crippen LogP contribution is -2.55. The summed E-state index contributed by atoms with van der Waals surface area (Å²) in [7, 11) is 0. The van der Waals surface area contributed by atoms with Crippen LogP contribution in [0.3, 0.4) is 0 Å². The fourth-order valence-corrected chi connectivity index (χ4v) is 5.00. The average Bonchev–Trinajstić information content (AvgIpc) is 2.87. The number of amides is 2. The predicted molar refractivity (Wildman–Crippen MR) is 159 cm³/mol. The Kier molecular flexibility index (Phi) is 11.8. The molecule has 2 amide bonds. The first kappa shape index (κ1) is 33.3. The van der Waals surface area contributed by atoms with E-state index in [-0.39, 0.29) is 75.7 Å². The second-order valence-electron chi connectivity index (χ2n) is 9.21. The quantitative estimate of drug-likeness (QED) is 0.304. The molecule has 0 spiro atoms. The van der Waals surface area contributed by atoms with E-state index in [0.29, 0.717) is 24.3 Å². The molecule has 4 rings (SSSR count). The van der Waals surface area contributed by atoms with Crippen molar-refractivity contribution < 1.29 is 18.7 Å². The topological polar surface area (TPSA) is 122 Å². The van der Waals surface area contributed by atoms with Crippen LogP contribution in [0.15, 0.2) is 42.5 Å². The van der Waals surface area contributed by atoms with Gasteiger partial charge in [0.15, 0.2) is 17.3 Å². The number of nitrogen functional groups attached to an aromatic ring is 1. The third kappa shape index (κ3) is 7.64. The number of halogens is 5. The van der Waals surface area contributed by atoms with Gasteiger partial charge in [0.2, 0.25) is 0 Å². The molecule has 0 bridgehead atoms. The van der Waals surface area contributed by atoms with Crippen molar-refractivity contribution in [3.05, 3.63) is 75.1 Å². The Morgan fingerprint density at radius 3 is 2.35 bits per heavy atom. The predicted octanol–water partition coefficient (Wildman–Crippen LogP) is 5.56. The van der Waals surface area contributed by atoms with Crippen molar-refractivity contribution in [2.75, 3.05) is 24.1 Å². The fourth-order valence-electron chi connectivity index (χ4n) is 4.32. The zero-order valence-corrected chi connectivity index (χ0v) is 24.9. The molecule has 1 aromatic heterocycles. The van der Waals surface area contributed by atoms with E-state index in [4.69, 9.17) is 33.7 Å². The fraction of sp³-hybridized carbons (Fsp3) is 0.308. The second kappa shape index (κ2) is 14.1. The van der Waals surface area contributed by atoms with E-state index in [9.17, 15) is 14.0 Å². The Labute approximate surface area is 253 Å². The summed E-state index contributed by atoms with van der Waals surface area (Å²) >= 11 is 12.3. The molecule has 0 saturated carbocycles. The summed E-state index contributed by atoms with van der Waals surface area (Å²) in [5.74, 6) is -1.30. The van der Waals surface area contributed by atoms with Crippen molar-refractivity contribution in [3.8, 4) is 5.75 Å². The summed E-state index contributed by atoms with van der Waals surface area (Å²) in [5, 5.41) is 13.8. The molecule has 0 radical (unpaired) electrons. The lowest BCUT2D eigenvalue weighted by molar-refractivity contribution is 0.0673. The molecule has 1 fully saturated rings. The normalized spacial score (nSPS) is 17.2. The van der Waals surface area contributed by atoms with Gasteiger partial charge in [-0.25, -0.2) is 4.39 Å². The third-order valence-corrected chi connectivity index (χ3v) is 6.76. The number of hydrogen-bond acceptors (Lipinski definition) is 7. The molecule has 0 aliphatic carbocycles. The van der Waals surface area contributed by atoms with Gasteiger partial charge < -0.3 is 26.0 Å². The van der Waals surface area contributed by atoms with Crippen LogP contribution in [-0.4, -0.2) is 52.1 Å². The molecule has 40 heavy (non-hydrogen) atoms. The molecule has 2 aromatic carbocycles. The maximum Gasteiger partial charge on any atom is 0.276 e. The van der Waals surface area contributed by atoms with E-state index in [2.05, 4.69) is 20.8 Å². The molecule has 14 heteroatoms. The number of hydrogen-bond donors (Lipinski definition) is 3. The number of nitrogens with one attached hydrogen (secondary N) is 2. The van der Waals surface area contributed by atoms with Crippen molar-refractivity contribution in [3.63, 3.8) is 0 Å². The van der Waals surface area contributed by atoms with Gasteiger partial charge in [-0.1, -0.05) is 23.2 Å². The Bertz CT molecular complexity index is 1360. The van der Waals surface area contributed by atoms with E-state index >= 15 is 0 Å². The maximum absolute atomic E-state index is 13.9. The van der Waals surface area contributed by atoms with Crippen LogP contribution in [0.25, 0.3) is 0 Å². The van der Waals surface area contributed by atoms with E-state index in [1.807, 2.05) is 18.7 Å². The smallest absolute Gasteiger partial charge is 0.276 e. The molecule has 1 aliphatic heterocycles. The van der Waals surface area contributed by atoms with Crippen molar-refractivity contribution in [1.82, 2.24) is 20.4 Å². The van der Waals surface area contributed by atoms with Crippen molar-refractivity contribution in [2.45, 2.75) is 39.0 Å². The lowest BCUT2D eigenvalue weighted by atomic mass is 10.1. The summed E-state index contributed by atoms with van der Waals surface area (Å²) in [5.41, 5.74) is 7.04. The number of carbonyl (C=O) groups is 2. The van der Waals surface area contributed by atoms with Crippen molar-refractivity contribution in [2.24, 2.45) is 0 Å². The van der Waals surface area contributed by atoms with Crippen LogP contribution in [-0.2, 0) is 0 Å². The third-order valence-electron chi connectivity index (χ3n) is 6.04. The summed E-state index contributed by atoms with van der Waals surface area (Å²) in [6, 6.07) is 10.9. The van der Waals surface area contributed by atoms with E-state index in [1.165, 1.54) is 12.1 Å². The SMILES string of the molecule is C[C@@H]1CN(C(=O)c2ccc(NC(=O)c3cc(O[C@H](C)c4c(Cl)ccc(F)c4Cl)c(N)nn3)cc2)C[C@H](C)N1.Cl.Cl. The lowest BCUT2D eigenvalue weighted by Gasteiger charge is -2.36. The standard InChI is InChI=1S/C26H27Cl2FN6O3.2ClH/c1-13-11-35(12-14(2)31-13)26(37)16-4-6-17(7-5-16)32-25(36)20-10-21(24(30)34-33-20)38-15(3)22-18(27)8-9-19(29)23(22)28;;/h4-10,13-15,31H,11-12H2,1-3H3,(H2,30,34)(H,32,36);2*1H/t13-,14+,15-;;/m1../s1. The summed E-state index contributed by atoms with van der Waals surface area (Å²) in [4.78, 5) is 27.6. The molecule has 216 valence electrons.